The number of aliphatic hydroxyl groups excluding tert-OH is 2. The predicted octanol–water partition coefficient (Wildman–Crippen LogP) is -0.650. The summed E-state index contributed by atoms with van der Waals surface area (Å²) < 4.78 is 12.1. The number of carbonyl (C=O) groups is 1. The van der Waals surface area contributed by atoms with Crippen LogP contribution in [0, 0.1) is 17.2 Å². The van der Waals surface area contributed by atoms with Gasteiger partial charge in [-0.3, -0.25) is 4.79 Å². The minimum Gasteiger partial charge on any atom is -0.463 e. The van der Waals surface area contributed by atoms with Gasteiger partial charge in [0.2, 0.25) is 5.60 Å². The first-order valence-corrected chi connectivity index (χ1v) is 8.02. The van der Waals surface area contributed by atoms with Crippen LogP contribution in [0.4, 0.5) is 5.82 Å². The summed E-state index contributed by atoms with van der Waals surface area (Å²) in [7, 11) is 0. The molecule has 0 aromatic carbocycles. The summed E-state index contributed by atoms with van der Waals surface area (Å²) in [4.78, 5) is 15.5. The molecule has 1 fully saturated rings. The van der Waals surface area contributed by atoms with E-state index in [1.165, 1.54) is 16.9 Å². The molecule has 4 atom stereocenters. The first-order chi connectivity index (χ1) is 12.3. The lowest BCUT2D eigenvalue weighted by Crippen LogP contribution is -2.41. The average Bonchev–Trinajstić information content (AvgIpc) is 3.15. The molecule has 26 heavy (non-hydrogen) atoms. The summed E-state index contributed by atoms with van der Waals surface area (Å²) in [5, 5.41) is 34.6. The molecule has 2 aromatic rings. The Morgan fingerprint density at radius 1 is 1.54 bits per heavy atom. The molecule has 3 heterocycles. The molecule has 0 amide bonds. The number of aromatic nitrogens is 3. The van der Waals surface area contributed by atoms with Crippen LogP contribution in [0.25, 0.3) is 5.52 Å². The van der Waals surface area contributed by atoms with E-state index in [0.29, 0.717) is 5.52 Å². The molecule has 0 bridgehead atoms. The number of hydrogen-bond acceptors (Lipinski definition) is 9. The molecule has 3 rings (SSSR count). The zero-order valence-electron chi connectivity index (χ0n) is 14.2. The Bertz CT molecular complexity index is 876. The SMILES string of the molecule is CC(C)C(=O)OCC1OC(C#N)(c2ccc3c(N)ncnn23)C(O)C1O. The fourth-order valence-corrected chi connectivity index (χ4v) is 2.88. The van der Waals surface area contributed by atoms with E-state index in [1.807, 2.05) is 6.07 Å². The van der Waals surface area contributed by atoms with Gasteiger partial charge in [-0.05, 0) is 12.1 Å². The number of nitrogen functional groups attached to an aromatic ring is 1. The molecule has 1 aliphatic heterocycles. The Hall–Kier alpha value is -2.74. The maximum Gasteiger partial charge on any atom is 0.308 e. The minimum atomic E-state index is -1.90. The second kappa shape index (κ2) is 6.53. The van der Waals surface area contributed by atoms with E-state index in [2.05, 4.69) is 10.1 Å². The van der Waals surface area contributed by atoms with Crippen molar-refractivity contribution in [1.29, 1.82) is 5.26 Å². The molecular formula is C16H19N5O5. The van der Waals surface area contributed by atoms with Crippen LogP contribution in [0.5, 0.6) is 0 Å². The van der Waals surface area contributed by atoms with Crippen LogP contribution in [-0.4, -0.2) is 55.7 Å². The van der Waals surface area contributed by atoms with Crippen LogP contribution in [0.2, 0.25) is 0 Å². The number of rotatable bonds is 4. The molecule has 1 aliphatic rings. The summed E-state index contributed by atoms with van der Waals surface area (Å²) in [5.41, 5.74) is 4.50. The van der Waals surface area contributed by atoms with Gasteiger partial charge in [0.1, 0.15) is 42.8 Å². The minimum absolute atomic E-state index is 0.188. The lowest BCUT2D eigenvalue weighted by atomic mass is 9.92. The average molecular weight is 361 g/mol. The van der Waals surface area contributed by atoms with E-state index >= 15 is 0 Å². The van der Waals surface area contributed by atoms with Crippen molar-refractivity contribution in [2.24, 2.45) is 5.92 Å². The number of anilines is 1. The zero-order chi connectivity index (χ0) is 19.1. The predicted molar refractivity (Wildman–Crippen MR) is 87.4 cm³/mol. The molecule has 0 saturated carbocycles. The molecule has 138 valence electrons. The van der Waals surface area contributed by atoms with E-state index in [-0.39, 0.29) is 24.0 Å². The van der Waals surface area contributed by atoms with Crippen molar-refractivity contribution >= 4 is 17.3 Å². The number of nitrogens with two attached hydrogens (primary N) is 1. The Kier molecular flexibility index (Phi) is 4.53. The van der Waals surface area contributed by atoms with Crippen molar-refractivity contribution < 1.29 is 24.5 Å². The Balaban J connectivity index is 1.95. The molecule has 2 aromatic heterocycles. The lowest BCUT2D eigenvalue weighted by Gasteiger charge is -2.24. The first-order valence-electron chi connectivity index (χ1n) is 8.02. The molecule has 10 heteroatoms. The Morgan fingerprint density at radius 2 is 2.27 bits per heavy atom. The number of nitrogens with zero attached hydrogens (tertiary/aromatic N) is 4. The normalized spacial score (nSPS) is 28.4. The summed E-state index contributed by atoms with van der Waals surface area (Å²) in [6.07, 6.45) is -2.88. The van der Waals surface area contributed by atoms with Gasteiger partial charge in [-0.2, -0.15) is 10.4 Å². The van der Waals surface area contributed by atoms with E-state index < -0.39 is 29.9 Å². The van der Waals surface area contributed by atoms with Gasteiger partial charge in [0.25, 0.3) is 0 Å². The standard InChI is InChI=1S/C16H19N5O5/c1-8(2)15(24)25-5-10-12(22)13(23)16(6-17,26-10)11-4-3-9-14(18)19-7-20-21(9)11/h3-4,7-8,10,12-13,22-23H,5H2,1-2H3,(H2,18,19,20). The summed E-state index contributed by atoms with van der Waals surface area (Å²) in [5.74, 6) is -0.637. The quantitative estimate of drug-likeness (QED) is 0.602. The van der Waals surface area contributed by atoms with E-state index in [1.54, 1.807) is 19.9 Å². The summed E-state index contributed by atoms with van der Waals surface area (Å²) >= 11 is 0. The van der Waals surface area contributed by atoms with Crippen molar-refractivity contribution in [2.75, 3.05) is 12.3 Å². The topological polar surface area (TPSA) is 156 Å². The number of aliphatic hydroxyl groups is 2. The first kappa shape index (κ1) is 18.1. The fourth-order valence-electron chi connectivity index (χ4n) is 2.88. The third kappa shape index (κ3) is 2.66. The van der Waals surface area contributed by atoms with Gasteiger partial charge in [0.15, 0.2) is 5.82 Å². The maximum absolute atomic E-state index is 11.6. The highest BCUT2D eigenvalue weighted by Crippen LogP contribution is 2.40. The largest absolute Gasteiger partial charge is 0.463 e. The summed E-state index contributed by atoms with van der Waals surface area (Å²) in [6.45, 7) is 3.04. The van der Waals surface area contributed by atoms with Crippen molar-refractivity contribution in [3.63, 3.8) is 0 Å². The number of carbonyl (C=O) groups excluding carboxylic acids is 1. The van der Waals surface area contributed by atoms with Gasteiger partial charge < -0.3 is 25.4 Å². The molecule has 4 unspecified atom stereocenters. The smallest absolute Gasteiger partial charge is 0.308 e. The highest BCUT2D eigenvalue weighted by molar-refractivity contribution is 5.71. The third-order valence-corrected chi connectivity index (χ3v) is 4.35. The maximum atomic E-state index is 11.6. The van der Waals surface area contributed by atoms with E-state index in [0.717, 1.165) is 0 Å². The van der Waals surface area contributed by atoms with Crippen molar-refractivity contribution in [3.05, 3.63) is 24.2 Å². The van der Waals surface area contributed by atoms with Crippen LogP contribution < -0.4 is 5.73 Å². The second-order valence-corrected chi connectivity index (χ2v) is 6.38. The van der Waals surface area contributed by atoms with Crippen molar-refractivity contribution in [2.45, 2.75) is 37.8 Å². The number of ether oxygens (including phenoxy) is 2. The molecule has 0 radical (unpaired) electrons. The fraction of sp³-hybridized carbons (Fsp3) is 0.500. The van der Waals surface area contributed by atoms with Gasteiger partial charge in [0, 0.05) is 0 Å². The molecule has 0 aliphatic carbocycles. The van der Waals surface area contributed by atoms with Gasteiger partial charge in [-0.25, -0.2) is 9.50 Å². The molecular weight excluding hydrogens is 342 g/mol. The molecule has 10 nitrogen and oxygen atoms in total. The number of nitriles is 1. The summed E-state index contributed by atoms with van der Waals surface area (Å²) in [6, 6.07) is 5.01. The number of hydrogen-bond donors (Lipinski definition) is 3. The highest BCUT2D eigenvalue weighted by atomic mass is 16.6. The molecule has 0 spiro atoms. The molecule has 4 N–H and O–H groups in total. The number of esters is 1. The van der Waals surface area contributed by atoms with Gasteiger partial charge in [0.05, 0.1) is 11.6 Å². The lowest BCUT2D eigenvalue weighted by molar-refractivity contribution is -0.154. The van der Waals surface area contributed by atoms with Gasteiger partial charge in [-0.15, -0.1) is 0 Å². The highest BCUT2D eigenvalue weighted by Gasteiger charge is 2.57. The van der Waals surface area contributed by atoms with Crippen LogP contribution in [-0.2, 0) is 19.9 Å². The third-order valence-electron chi connectivity index (χ3n) is 4.35. The van der Waals surface area contributed by atoms with Crippen molar-refractivity contribution in [3.8, 4) is 6.07 Å². The molecule has 1 saturated heterocycles. The number of fused-ring (bicyclic) bond motifs is 1. The van der Waals surface area contributed by atoms with Gasteiger partial charge in [-0.1, -0.05) is 13.8 Å². The second-order valence-electron chi connectivity index (χ2n) is 6.38. The van der Waals surface area contributed by atoms with Crippen molar-refractivity contribution in [1.82, 2.24) is 14.6 Å². The van der Waals surface area contributed by atoms with E-state index in [4.69, 9.17) is 15.2 Å². The van der Waals surface area contributed by atoms with Crippen LogP contribution in [0.15, 0.2) is 18.5 Å². The van der Waals surface area contributed by atoms with Crippen LogP contribution >= 0.6 is 0 Å². The Morgan fingerprint density at radius 3 is 2.92 bits per heavy atom. The van der Waals surface area contributed by atoms with Crippen LogP contribution in [0.3, 0.4) is 0 Å². The van der Waals surface area contributed by atoms with E-state index in [9.17, 15) is 20.3 Å². The monoisotopic (exact) mass is 361 g/mol. The van der Waals surface area contributed by atoms with Crippen LogP contribution in [0.1, 0.15) is 19.5 Å². The van der Waals surface area contributed by atoms with Gasteiger partial charge >= 0.3 is 5.97 Å². The zero-order valence-corrected chi connectivity index (χ0v) is 14.2. The Labute approximate surface area is 148 Å².